The second-order valence-electron chi connectivity index (χ2n) is 5.47. The molecule has 2 atom stereocenters. The summed E-state index contributed by atoms with van der Waals surface area (Å²) < 4.78 is 0. The zero-order valence-electron chi connectivity index (χ0n) is 10.1. The molecule has 0 aromatic carbocycles. The van der Waals surface area contributed by atoms with E-state index in [4.69, 9.17) is 0 Å². The molecule has 0 amide bonds. The summed E-state index contributed by atoms with van der Waals surface area (Å²) in [5.74, 6) is 0. The molecule has 0 spiro atoms. The Morgan fingerprint density at radius 3 is 2.44 bits per heavy atom. The van der Waals surface area contributed by atoms with Gasteiger partial charge in [-0.1, -0.05) is 20.8 Å². The molecule has 1 aliphatic rings. The van der Waals surface area contributed by atoms with Gasteiger partial charge in [-0.25, -0.2) is 19.6 Å². The first-order chi connectivity index (χ1) is 7.45. The topological polar surface area (TPSA) is 58.9 Å². The van der Waals surface area contributed by atoms with E-state index in [0.29, 0.717) is 6.54 Å². The predicted octanol–water partition coefficient (Wildman–Crippen LogP) is 2.24. The Morgan fingerprint density at radius 2 is 1.94 bits per heavy atom. The lowest BCUT2D eigenvalue weighted by atomic mass is 9.57. The van der Waals surface area contributed by atoms with E-state index in [1.807, 2.05) is 0 Å². The number of aliphatic imine (C=N–C) groups is 2. The fourth-order valence-electron chi connectivity index (χ4n) is 2.45. The van der Waals surface area contributed by atoms with Gasteiger partial charge in [-0.3, -0.25) is 0 Å². The summed E-state index contributed by atoms with van der Waals surface area (Å²) in [6.45, 7) is 6.91. The molecule has 0 aromatic rings. The van der Waals surface area contributed by atoms with Gasteiger partial charge in [0.05, 0.1) is 12.6 Å². The molecular weight excluding hydrogens is 204 g/mol. The molecule has 16 heavy (non-hydrogen) atoms. The number of carbonyl (C=O) groups excluding carboxylic acids is 2. The SMILES string of the molecule is CC1(C)CC(N=C=O)CCC1(C)CN=C=O. The van der Waals surface area contributed by atoms with Gasteiger partial charge in [0.25, 0.3) is 0 Å². The second-order valence-corrected chi connectivity index (χ2v) is 5.47. The molecule has 4 nitrogen and oxygen atoms in total. The van der Waals surface area contributed by atoms with Crippen LogP contribution in [0.1, 0.15) is 40.0 Å². The molecule has 0 aromatic heterocycles. The van der Waals surface area contributed by atoms with Gasteiger partial charge in [0.15, 0.2) is 0 Å². The average molecular weight is 222 g/mol. The first-order valence-electron chi connectivity index (χ1n) is 5.56. The number of isocyanates is 2. The third-order valence-electron chi connectivity index (χ3n) is 4.14. The van der Waals surface area contributed by atoms with Crippen molar-refractivity contribution in [3.63, 3.8) is 0 Å². The molecule has 1 fully saturated rings. The predicted molar refractivity (Wildman–Crippen MR) is 60.6 cm³/mol. The average Bonchev–Trinajstić information content (AvgIpc) is 2.21. The number of hydrogen-bond acceptors (Lipinski definition) is 4. The van der Waals surface area contributed by atoms with Gasteiger partial charge >= 0.3 is 0 Å². The summed E-state index contributed by atoms with van der Waals surface area (Å²) in [7, 11) is 0. The van der Waals surface area contributed by atoms with Gasteiger partial charge in [-0.2, -0.15) is 0 Å². The molecule has 0 radical (unpaired) electrons. The standard InChI is InChI=1S/C12H18N2O2/c1-11(2)6-10(14-9-16)4-5-12(11,3)7-13-8-15/h10H,4-7H2,1-3H3. The molecule has 0 bridgehead atoms. The number of hydrogen-bond donors (Lipinski definition) is 0. The van der Waals surface area contributed by atoms with E-state index < -0.39 is 0 Å². The quantitative estimate of drug-likeness (QED) is 0.543. The van der Waals surface area contributed by atoms with Crippen LogP contribution in [0, 0.1) is 10.8 Å². The minimum atomic E-state index is -0.0146. The maximum absolute atomic E-state index is 10.3. The van der Waals surface area contributed by atoms with E-state index >= 15 is 0 Å². The van der Waals surface area contributed by atoms with Crippen molar-refractivity contribution < 1.29 is 9.59 Å². The van der Waals surface area contributed by atoms with Crippen LogP contribution in [0.4, 0.5) is 0 Å². The minimum Gasteiger partial charge on any atom is -0.211 e. The highest BCUT2D eigenvalue weighted by molar-refractivity contribution is 5.34. The molecule has 1 saturated carbocycles. The Kier molecular flexibility index (Phi) is 3.79. The van der Waals surface area contributed by atoms with Gasteiger partial charge in [-0.05, 0) is 30.1 Å². The molecule has 0 heterocycles. The van der Waals surface area contributed by atoms with Crippen LogP contribution in [0.2, 0.25) is 0 Å². The summed E-state index contributed by atoms with van der Waals surface area (Å²) in [6.07, 6.45) is 5.86. The summed E-state index contributed by atoms with van der Waals surface area (Å²) >= 11 is 0. The molecule has 0 N–H and O–H groups in total. The molecular formula is C12H18N2O2. The van der Waals surface area contributed by atoms with E-state index in [9.17, 15) is 9.59 Å². The maximum atomic E-state index is 10.3. The van der Waals surface area contributed by atoms with E-state index in [0.717, 1.165) is 19.3 Å². The van der Waals surface area contributed by atoms with Crippen LogP contribution >= 0.6 is 0 Å². The molecule has 1 rings (SSSR count). The Labute approximate surface area is 95.9 Å². The van der Waals surface area contributed by atoms with Crippen molar-refractivity contribution in [1.82, 2.24) is 0 Å². The third kappa shape index (κ3) is 2.46. The monoisotopic (exact) mass is 222 g/mol. The molecule has 0 saturated heterocycles. The summed E-state index contributed by atoms with van der Waals surface area (Å²) in [5, 5.41) is 0. The Balaban J connectivity index is 2.84. The van der Waals surface area contributed by atoms with Crippen molar-refractivity contribution in [2.45, 2.75) is 46.1 Å². The summed E-state index contributed by atoms with van der Waals surface area (Å²) in [6, 6.07) is 0.0702. The van der Waals surface area contributed by atoms with Crippen LogP contribution in [0.25, 0.3) is 0 Å². The highest BCUT2D eigenvalue weighted by Gasteiger charge is 2.45. The molecule has 0 aliphatic heterocycles. The molecule has 88 valence electrons. The zero-order valence-corrected chi connectivity index (χ0v) is 10.1. The Morgan fingerprint density at radius 1 is 1.25 bits per heavy atom. The minimum absolute atomic E-state index is 0.0105. The Bertz CT molecular complexity index is 352. The highest BCUT2D eigenvalue weighted by atomic mass is 16.1. The van der Waals surface area contributed by atoms with Crippen molar-refractivity contribution in [3.8, 4) is 0 Å². The van der Waals surface area contributed by atoms with Crippen molar-refractivity contribution in [3.05, 3.63) is 0 Å². The zero-order chi connectivity index (χ0) is 12.2. The maximum Gasteiger partial charge on any atom is 0.235 e. The van der Waals surface area contributed by atoms with Gasteiger partial charge in [0, 0.05) is 0 Å². The van der Waals surface area contributed by atoms with Gasteiger partial charge in [-0.15, -0.1) is 0 Å². The van der Waals surface area contributed by atoms with Crippen molar-refractivity contribution in [2.24, 2.45) is 20.8 Å². The van der Waals surface area contributed by atoms with Crippen LogP contribution in [-0.4, -0.2) is 24.7 Å². The normalized spacial score (nSPS) is 32.3. The van der Waals surface area contributed by atoms with Crippen LogP contribution < -0.4 is 0 Å². The van der Waals surface area contributed by atoms with Crippen LogP contribution in [-0.2, 0) is 9.59 Å². The second kappa shape index (κ2) is 4.73. The lowest BCUT2D eigenvalue weighted by molar-refractivity contribution is 0.0329. The summed E-state index contributed by atoms with van der Waals surface area (Å²) in [4.78, 5) is 28.0. The van der Waals surface area contributed by atoms with Gasteiger partial charge in [0.2, 0.25) is 12.2 Å². The molecule has 1 aliphatic carbocycles. The smallest absolute Gasteiger partial charge is 0.211 e. The van der Waals surface area contributed by atoms with E-state index in [1.54, 1.807) is 12.2 Å². The van der Waals surface area contributed by atoms with Crippen molar-refractivity contribution in [1.29, 1.82) is 0 Å². The van der Waals surface area contributed by atoms with Gasteiger partial charge in [0.1, 0.15) is 0 Å². The summed E-state index contributed by atoms with van der Waals surface area (Å²) in [5.41, 5.74) is -0.00404. The van der Waals surface area contributed by atoms with Crippen molar-refractivity contribution >= 4 is 12.2 Å². The Hall–Kier alpha value is -1.24. The van der Waals surface area contributed by atoms with Crippen LogP contribution in [0.3, 0.4) is 0 Å². The third-order valence-corrected chi connectivity index (χ3v) is 4.14. The van der Waals surface area contributed by atoms with E-state index in [-0.39, 0.29) is 16.9 Å². The lowest BCUT2D eigenvalue weighted by Gasteiger charge is -2.48. The van der Waals surface area contributed by atoms with E-state index in [1.165, 1.54) is 0 Å². The largest absolute Gasteiger partial charge is 0.235 e. The van der Waals surface area contributed by atoms with Gasteiger partial charge < -0.3 is 0 Å². The van der Waals surface area contributed by atoms with Crippen LogP contribution in [0.5, 0.6) is 0 Å². The molecule has 2 unspecified atom stereocenters. The lowest BCUT2D eigenvalue weighted by Crippen LogP contribution is -2.44. The van der Waals surface area contributed by atoms with Crippen LogP contribution in [0.15, 0.2) is 9.98 Å². The number of nitrogens with zero attached hydrogens (tertiary/aromatic N) is 2. The number of rotatable bonds is 3. The highest BCUT2D eigenvalue weighted by Crippen LogP contribution is 2.50. The van der Waals surface area contributed by atoms with Crippen molar-refractivity contribution in [2.75, 3.05) is 6.54 Å². The fourth-order valence-corrected chi connectivity index (χ4v) is 2.45. The first kappa shape index (κ1) is 12.8. The first-order valence-corrected chi connectivity index (χ1v) is 5.56. The van der Waals surface area contributed by atoms with E-state index in [2.05, 4.69) is 30.8 Å². The molecule has 4 heteroatoms. The fraction of sp³-hybridized carbons (Fsp3) is 0.833.